The molecule has 0 atom stereocenters. The maximum atomic E-state index is 12.9. The maximum Gasteiger partial charge on any atom is 0.293 e. The van der Waals surface area contributed by atoms with Crippen LogP contribution in [0.3, 0.4) is 0 Å². The third-order valence-corrected chi connectivity index (χ3v) is 2.23. The Morgan fingerprint density at radius 2 is 2.18 bits per heavy atom. The second kappa shape index (κ2) is 5.24. The SMILES string of the molecule is NCC(F)(F)CNc1ccc(Cl)cc1[N+](=O)[O-]. The fourth-order valence-electron chi connectivity index (χ4n) is 1.10. The molecule has 5 nitrogen and oxygen atoms in total. The van der Waals surface area contributed by atoms with E-state index >= 15 is 0 Å². The van der Waals surface area contributed by atoms with Crippen molar-refractivity contribution in [3.8, 4) is 0 Å². The van der Waals surface area contributed by atoms with Crippen molar-refractivity contribution in [2.75, 3.05) is 18.4 Å². The van der Waals surface area contributed by atoms with Gasteiger partial charge in [0, 0.05) is 11.1 Å². The molecule has 0 aliphatic heterocycles. The van der Waals surface area contributed by atoms with E-state index in [0.29, 0.717) is 0 Å². The third kappa shape index (κ3) is 3.79. The van der Waals surface area contributed by atoms with E-state index in [-0.39, 0.29) is 16.4 Å². The van der Waals surface area contributed by atoms with Crippen LogP contribution in [0.2, 0.25) is 5.02 Å². The van der Waals surface area contributed by atoms with Crippen molar-refractivity contribution in [1.29, 1.82) is 0 Å². The third-order valence-electron chi connectivity index (χ3n) is 1.99. The molecule has 0 unspecified atom stereocenters. The van der Waals surface area contributed by atoms with Gasteiger partial charge in [0.1, 0.15) is 5.69 Å². The van der Waals surface area contributed by atoms with Crippen molar-refractivity contribution in [1.82, 2.24) is 0 Å². The Balaban J connectivity index is 2.88. The van der Waals surface area contributed by atoms with E-state index in [0.717, 1.165) is 6.07 Å². The van der Waals surface area contributed by atoms with E-state index in [9.17, 15) is 18.9 Å². The molecule has 8 heteroatoms. The second-order valence-electron chi connectivity index (χ2n) is 3.33. The zero-order valence-electron chi connectivity index (χ0n) is 8.62. The number of benzene rings is 1. The zero-order chi connectivity index (χ0) is 13.1. The molecule has 0 aromatic heterocycles. The number of alkyl halides is 2. The molecule has 0 heterocycles. The summed E-state index contributed by atoms with van der Waals surface area (Å²) in [5, 5.41) is 13.1. The summed E-state index contributed by atoms with van der Waals surface area (Å²) in [6, 6.07) is 3.73. The summed E-state index contributed by atoms with van der Waals surface area (Å²) in [6.45, 7) is -1.60. The van der Waals surface area contributed by atoms with Crippen LogP contribution < -0.4 is 11.1 Å². The first kappa shape index (κ1) is 13.6. The molecule has 1 aromatic carbocycles. The number of anilines is 1. The van der Waals surface area contributed by atoms with Crippen LogP contribution in [0.4, 0.5) is 20.2 Å². The Labute approximate surface area is 101 Å². The van der Waals surface area contributed by atoms with Crippen LogP contribution in [0.1, 0.15) is 0 Å². The molecule has 1 rings (SSSR count). The number of nitrogens with two attached hydrogens (primary N) is 1. The van der Waals surface area contributed by atoms with Crippen molar-refractivity contribution >= 4 is 23.0 Å². The largest absolute Gasteiger partial charge is 0.373 e. The van der Waals surface area contributed by atoms with Crippen LogP contribution in [0.5, 0.6) is 0 Å². The number of hydrogen-bond acceptors (Lipinski definition) is 4. The molecule has 1 aromatic rings. The van der Waals surface area contributed by atoms with E-state index in [4.69, 9.17) is 17.3 Å². The van der Waals surface area contributed by atoms with Gasteiger partial charge < -0.3 is 11.1 Å². The van der Waals surface area contributed by atoms with E-state index in [1.165, 1.54) is 12.1 Å². The van der Waals surface area contributed by atoms with Gasteiger partial charge in [0.15, 0.2) is 0 Å². The molecular weight excluding hydrogens is 256 g/mol. The predicted octanol–water partition coefficient (Wildman–Crippen LogP) is 2.25. The second-order valence-corrected chi connectivity index (χ2v) is 3.77. The molecule has 3 N–H and O–H groups in total. The number of halogens is 3. The number of nitro benzene ring substituents is 1. The van der Waals surface area contributed by atoms with Crippen LogP contribution in [0, 0.1) is 10.1 Å². The molecule has 0 bridgehead atoms. The summed E-state index contributed by atoms with van der Waals surface area (Å²) in [7, 11) is 0. The van der Waals surface area contributed by atoms with Crippen LogP contribution in [0.25, 0.3) is 0 Å². The maximum absolute atomic E-state index is 12.9. The van der Waals surface area contributed by atoms with Gasteiger partial charge in [-0.05, 0) is 12.1 Å². The Morgan fingerprint density at radius 1 is 1.53 bits per heavy atom. The van der Waals surface area contributed by atoms with Crippen LogP contribution in [0.15, 0.2) is 18.2 Å². The van der Waals surface area contributed by atoms with Crippen LogP contribution >= 0.6 is 11.6 Å². The number of nitrogens with zero attached hydrogens (tertiary/aromatic N) is 1. The lowest BCUT2D eigenvalue weighted by atomic mass is 10.2. The van der Waals surface area contributed by atoms with Gasteiger partial charge in [0.05, 0.1) is 18.0 Å². The quantitative estimate of drug-likeness (QED) is 0.632. The molecule has 0 fully saturated rings. The summed E-state index contributed by atoms with van der Waals surface area (Å²) in [6.07, 6.45) is 0. The Kier molecular flexibility index (Phi) is 4.19. The molecule has 0 spiro atoms. The normalized spacial score (nSPS) is 11.3. The first-order valence-electron chi connectivity index (χ1n) is 4.61. The van der Waals surface area contributed by atoms with Crippen molar-refractivity contribution in [3.63, 3.8) is 0 Å². The van der Waals surface area contributed by atoms with Gasteiger partial charge in [-0.3, -0.25) is 10.1 Å². The van der Waals surface area contributed by atoms with Gasteiger partial charge in [-0.2, -0.15) is 0 Å². The van der Waals surface area contributed by atoms with Gasteiger partial charge in [-0.15, -0.1) is 0 Å². The van der Waals surface area contributed by atoms with E-state index in [1.54, 1.807) is 0 Å². The molecule has 0 radical (unpaired) electrons. The Morgan fingerprint density at radius 3 is 2.71 bits per heavy atom. The highest BCUT2D eigenvalue weighted by Gasteiger charge is 2.27. The van der Waals surface area contributed by atoms with Crippen molar-refractivity contribution in [2.24, 2.45) is 5.73 Å². The van der Waals surface area contributed by atoms with Gasteiger partial charge >= 0.3 is 0 Å². The Hall–Kier alpha value is -1.47. The highest BCUT2D eigenvalue weighted by molar-refractivity contribution is 6.30. The van der Waals surface area contributed by atoms with Crippen molar-refractivity contribution in [3.05, 3.63) is 33.3 Å². The van der Waals surface area contributed by atoms with Gasteiger partial charge in [-0.1, -0.05) is 11.6 Å². The minimum absolute atomic E-state index is 0.0208. The molecule has 0 aliphatic carbocycles. The fourth-order valence-corrected chi connectivity index (χ4v) is 1.27. The molecular formula is C9H10ClF2N3O2. The standard InChI is InChI=1S/C9H10ClF2N3O2/c10-6-1-2-7(8(3-6)15(16)17)14-5-9(11,12)4-13/h1-3,14H,4-5,13H2. The Bertz CT molecular complexity index is 429. The summed E-state index contributed by atoms with van der Waals surface area (Å²) >= 11 is 5.58. The number of rotatable bonds is 5. The zero-order valence-corrected chi connectivity index (χ0v) is 9.38. The average molecular weight is 266 g/mol. The number of nitro groups is 1. The number of nitrogens with one attached hydrogen (secondary N) is 1. The lowest BCUT2D eigenvalue weighted by Crippen LogP contribution is -2.35. The fraction of sp³-hybridized carbons (Fsp3) is 0.333. The summed E-state index contributed by atoms with van der Waals surface area (Å²) in [5.41, 5.74) is 4.47. The summed E-state index contributed by atoms with van der Waals surface area (Å²) < 4.78 is 25.7. The highest BCUT2D eigenvalue weighted by Crippen LogP contribution is 2.28. The molecule has 17 heavy (non-hydrogen) atoms. The van der Waals surface area contributed by atoms with Crippen molar-refractivity contribution in [2.45, 2.75) is 5.92 Å². The molecule has 0 saturated carbocycles. The highest BCUT2D eigenvalue weighted by atomic mass is 35.5. The smallest absolute Gasteiger partial charge is 0.293 e. The average Bonchev–Trinajstić information content (AvgIpc) is 2.27. The summed E-state index contributed by atoms with van der Waals surface area (Å²) in [5.74, 6) is -3.12. The lowest BCUT2D eigenvalue weighted by Gasteiger charge is -2.15. The van der Waals surface area contributed by atoms with E-state index in [2.05, 4.69) is 5.32 Å². The van der Waals surface area contributed by atoms with Crippen LogP contribution in [-0.4, -0.2) is 23.9 Å². The van der Waals surface area contributed by atoms with Crippen molar-refractivity contribution < 1.29 is 13.7 Å². The first-order chi connectivity index (χ1) is 7.85. The monoisotopic (exact) mass is 265 g/mol. The van der Waals surface area contributed by atoms with Gasteiger partial charge in [-0.25, -0.2) is 8.78 Å². The minimum Gasteiger partial charge on any atom is -0.373 e. The number of hydrogen-bond donors (Lipinski definition) is 2. The summed E-state index contributed by atoms with van der Waals surface area (Å²) in [4.78, 5) is 9.96. The van der Waals surface area contributed by atoms with E-state index < -0.39 is 23.9 Å². The topological polar surface area (TPSA) is 81.2 Å². The molecule has 0 saturated heterocycles. The van der Waals surface area contributed by atoms with Gasteiger partial charge in [0.25, 0.3) is 11.6 Å². The molecule has 94 valence electrons. The van der Waals surface area contributed by atoms with Gasteiger partial charge in [0.2, 0.25) is 0 Å². The molecule has 0 amide bonds. The van der Waals surface area contributed by atoms with Crippen LogP contribution in [-0.2, 0) is 0 Å². The lowest BCUT2D eigenvalue weighted by molar-refractivity contribution is -0.384. The van der Waals surface area contributed by atoms with E-state index in [1.807, 2.05) is 0 Å². The predicted molar refractivity (Wildman–Crippen MR) is 60.6 cm³/mol. The first-order valence-corrected chi connectivity index (χ1v) is 4.99. The molecule has 0 aliphatic rings. The minimum atomic E-state index is -3.12.